The Morgan fingerprint density at radius 2 is 2.05 bits per heavy atom. The fourth-order valence-corrected chi connectivity index (χ4v) is 2.60. The summed E-state index contributed by atoms with van der Waals surface area (Å²) in [6.07, 6.45) is 1.55. The topological polar surface area (TPSA) is 75.4 Å². The van der Waals surface area contributed by atoms with Crippen LogP contribution in [0.2, 0.25) is 0 Å². The second-order valence-corrected chi connectivity index (χ2v) is 5.45. The molecule has 0 spiro atoms. The second-order valence-electron chi connectivity index (χ2n) is 5.45. The molecule has 1 aliphatic rings. The van der Waals surface area contributed by atoms with E-state index in [1.807, 2.05) is 4.90 Å². The van der Waals surface area contributed by atoms with E-state index in [-0.39, 0.29) is 30.2 Å². The molecular weight excluding hydrogens is 273 g/mol. The fourth-order valence-electron chi connectivity index (χ4n) is 2.60. The lowest BCUT2D eigenvalue weighted by Crippen LogP contribution is -2.46. The summed E-state index contributed by atoms with van der Waals surface area (Å²) in [5.41, 5.74) is 6.28. The van der Waals surface area contributed by atoms with Gasteiger partial charge in [-0.1, -0.05) is 0 Å². The molecule has 2 amide bonds. The number of nitrogens with one attached hydrogen (secondary N) is 1. The molecule has 0 radical (unpaired) electrons. The predicted octanol–water partition coefficient (Wildman–Crippen LogP) is 0.814. The first-order valence-electron chi connectivity index (χ1n) is 7.03. The zero-order chi connectivity index (χ0) is 15.4. The SMILES string of the molecule is Cc1cc(F)ccc1C(=O)NC1CCN(CC(N)=O)CC1. The summed E-state index contributed by atoms with van der Waals surface area (Å²) in [5, 5.41) is 2.97. The van der Waals surface area contributed by atoms with Gasteiger partial charge in [-0.25, -0.2) is 4.39 Å². The summed E-state index contributed by atoms with van der Waals surface area (Å²) >= 11 is 0. The Balaban J connectivity index is 1.88. The van der Waals surface area contributed by atoms with E-state index in [1.54, 1.807) is 6.92 Å². The average Bonchev–Trinajstić information content (AvgIpc) is 2.40. The molecule has 1 aromatic carbocycles. The maximum Gasteiger partial charge on any atom is 0.251 e. The molecule has 0 aromatic heterocycles. The number of nitrogens with zero attached hydrogens (tertiary/aromatic N) is 1. The van der Waals surface area contributed by atoms with Crippen molar-refractivity contribution < 1.29 is 14.0 Å². The third-order valence-electron chi connectivity index (χ3n) is 3.74. The number of hydrogen-bond acceptors (Lipinski definition) is 3. The van der Waals surface area contributed by atoms with E-state index < -0.39 is 0 Å². The highest BCUT2D eigenvalue weighted by Crippen LogP contribution is 2.13. The molecule has 2 rings (SSSR count). The first-order chi connectivity index (χ1) is 9.95. The van der Waals surface area contributed by atoms with Gasteiger partial charge in [0.25, 0.3) is 5.91 Å². The maximum atomic E-state index is 13.0. The van der Waals surface area contributed by atoms with Crippen LogP contribution in [0, 0.1) is 12.7 Å². The van der Waals surface area contributed by atoms with E-state index in [4.69, 9.17) is 5.73 Å². The number of amides is 2. The highest BCUT2D eigenvalue weighted by Gasteiger charge is 2.22. The van der Waals surface area contributed by atoms with Gasteiger partial charge in [0.1, 0.15) is 5.82 Å². The van der Waals surface area contributed by atoms with E-state index in [2.05, 4.69) is 5.32 Å². The van der Waals surface area contributed by atoms with Crippen LogP contribution in [0.25, 0.3) is 0 Å². The molecule has 0 saturated carbocycles. The van der Waals surface area contributed by atoms with Crippen molar-refractivity contribution in [2.45, 2.75) is 25.8 Å². The third kappa shape index (κ3) is 4.26. The molecule has 5 nitrogen and oxygen atoms in total. The number of aryl methyl sites for hydroxylation is 1. The van der Waals surface area contributed by atoms with Crippen molar-refractivity contribution in [2.75, 3.05) is 19.6 Å². The average molecular weight is 293 g/mol. The first-order valence-corrected chi connectivity index (χ1v) is 7.03. The molecule has 1 saturated heterocycles. The number of benzene rings is 1. The summed E-state index contributed by atoms with van der Waals surface area (Å²) in [7, 11) is 0. The molecule has 1 fully saturated rings. The first kappa shape index (κ1) is 15.4. The quantitative estimate of drug-likeness (QED) is 0.863. The summed E-state index contributed by atoms with van der Waals surface area (Å²) < 4.78 is 13.0. The molecular formula is C15H20FN3O2. The van der Waals surface area contributed by atoms with Crippen LogP contribution < -0.4 is 11.1 Å². The summed E-state index contributed by atoms with van der Waals surface area (Å²) in [6, 6.07) is 4.22. The van der Waals surface area contributed by atoms with Gasteiger partial charge in [0, 0.05) is 24.7 Å². The summed E-state index contributed by atoms with van der Waals surface area (Å²) in [5.74, 6) is -0.857. The molecule has 6 heteroatoms. The van der Waals surface area contributed by atoms with Crippen molar-refractivity contribution >= 4 is 11.8 Å². The Labute approximate surface area is 123 Å². The molecule has 21 heavy (non-hydrogen) atoms. The monoisotopic (exact) mass is 293 g/mol. The van der Waals surface area contributed by atoms with Crippen LogP contribution in [-0.2, 0) is 4.79 Å². The van der Waals surface area contributed by atoms with Gasteiger partial charge in [-0.15, -0.1) is 0 Å². The maximum absolute atomic E-state index is 13.0. The number of carbonyl (C=O) groups excluding carboxylic acids is 2. The zero-order valence-corrected chi connectivity index (χ0v) is 12.1. The minimum Gasteiger partial charge on any atom is -0.369 e. The van der Waals surface area contributed by atoms with Gasteiger partial charge in [0.2, 0.25) is 5.91 Å². The summed E-state index contributed by atoms with van der Waals surface area (Å²) in [6.45, 7) is 3.44. The highest BCUT2D eigenvalue weighted by molar-refractivity contribution is 5.95. The Bertz CT molecular complexity index is 540. The van der Waals surface area contributed by atoms with Gasteiger partial charge in [-0.05, 0) is 43.5 Å². The van der Waals surface area contributed by atoms with Crippen molar-refractivity contribution in [3.05, 3.63) is 35.1 Å². The van der Waals surface area contributed by atoms with Crippen molar-refractivity contribution in [1.29, 1.82) is 0 Å². The van der Waals surface area contributed by atoms with Gasteiger partial charge in [0.15, 0.2) is 0 Å². The van der Waals surface area contributed by atoms with E-state index in [0.29, 0.717) is 11.1 Å². The standard InChI is InChI=1S/C15H20FN3O2/c1-10-8-11(16)2-3-13(10)15(21)18-12-4-6-19(7-5-12)9-14(17)20/h2-3,8,12H,4-7,9H2,1H3,(H2,17,20)(H,18,21). The fraction of sp³-hybridized carbons (Fsp3) is 0.467. The van der Waals surface area contributed by atoms with Crippen LogP contribution in [0.15, 0.2) is 18.2 Å². The van der Waals surface area contributed by atoms with Crippen molar-refractivity contribution in [1.82, 2.24) is 10.2 Å². The zero-order valence-electron chi connectivity index (χ0n) is 12.1. The Kier molecular flexibility index (Phi) is 4.90. The van der Waals surface area contributed by atoms with Crippen LogP contribution in [0.3, 0.4) is 0 Å². The Morgan fingerprint density at radius 3 is 2.62 bits per heavy atom. The number of carbonyl (C=O) groups is 2. The second kappa shape index (κ2) is 6.67. The molecule has 114 valence electrons. The molecule has 1 aromatic rings. The van der Waals surface area contributed by atoms with Crippen molar-refractivity contribution in [2.24, 2.45) is 5.73 Å². The molecule has 0 atom stereocenters. The van der Waals surface area contributed by atoms with E-state index in [1.165, 1.54) is 18.2 Å². The van der Waals surface area contributed by atoms with E-state index >= 15 is 0 Å². The highest BCUT2D eigenvalue weighted by atomic mass is 19.1. The lowest BCUT2D eigenvalue weighted by Gasteiger charge is -2.31. The van der Waals surface area contributed by atoms with Crippen LogP contribution in [0.4, 0.5) is 4.39 Å². The third-order valence-corrected chi connectivity index (χ3v) is 3.74. The van der Waals surface area contributed by atoms with Gasteiger partial charge in [-0.3, -0.25) is 14.5 Å². The predicted molar refractivity (Wildman–Crippen MR) is 77.3 cm³/mol. The Morgan fingerprint density at radius 1 is 1.38 bits per heavy atom. The smallest absolute Gasteiger partial charge is 0.251 e. The number of nitrogens with two attached hydrogens (primary N) is 1. The van der Waals surface area contributed by atoms with Gasteiger partial charge >= 0.3 is 0 Å². The van der Waals surface area contributed by atoms with Crippen LogP contribution in [0.1, 0.15) is 28.8 Å². The molecule has 0 unspecified atom stereocenters. The van der Waals surface area contributed by atoms with Crippen LogP contribution in [-0.4, -0.2) is 42.4 Å². The largest absolute Gasteiger partial charge is 0.369 e. The number of halogens is 1. The van der Waals surface area contributed by atoms with E-state index in [0.717, 1.165) is 25.9 Å². The van der Waals surface area contributed by atoms with Gasteiger partial charge in [-0.2, -0.15) is 0 Å². The van der Waals surface area contributed by atoms with Crippen molar-refractivity contribution in [3.63, 3.8) is 0 Å². The van der Waals surface area contributed by atoms with Gasteiger partial charge in [0.05, 0.1) is 6.54 Å². The number of piperidine rings is 1. The minimum absolute atomic E-state index is 0.0751. The normalized spacial score (nSPS) is 16.7. The molecule has 0 aliphatic carbocycles. The van der Waals surface area contributed by atoms with Crippen LogP contribution >= 0.6 is 0 Å². The lowest BCUT2D eigenvalue weighted by molar-refractivity contribution is -0.119. The Hall–Kier alpha value is -1.95. The summed E-state index contributed by atoms with van der Waals surface area (Å²) in [4.78, 5) is 25.0. The number of primary amides is 1. The van der Waals surface area contributed by atoms with Gasteiger partial charge < -0.3 is 11.1 Å². The van der Waals surface area contributed by atoms with Crippen LogP contribution in [0.5, 0.6) is 0 Å². The molecule has 0 bridgehead atoms. The number of rotatable bonds is 4. The molecule has 1 heterocycles. The van der Waals surface area contributed by atoms with Crippen molar-refractivity contribution in [3.8, 4) is 0 Å². The molecule has 1 aliphatic heterocycles. The molecule has 3 N–H and O–H groups in total. The number of likely N-dealkylation sites (tertiary alicyclic amines) is 1. The number of hydrogen-bond donors (Lipinski definition) is 2. The van der Waals surface area contributed by atoms with E-state index in [9.17, 15) is 14.0 Å². The minimum atomic E-state index is -0.344. The lowest BCUT2D eigenvalue weighted by atomic mass is 10.0.